The Balaban J connectivity index is 1.97. The van der Waals surface area contributed by atoms with Crippen LogP contribution in [0, 0.1) is 0 Å². The zero-order valence-electron chi connectivity index (χ0n) is 30.0. The van der Waals surface area contributed by atoms with Crippen LogP contribution in [0.4, 0.5) is 0 Å². The SMILES string of the molecule is [2H]c1c([2H])c([2H])c2c(c(C(=O)NC3([2H])C[C@]4([2H])N(C)[C@@]([2H])(C3([2H])[2H])C([2H])([2H])C([2H])([2H])C4([2H])[2H])nn2C([2H])([2H])[2H])c1[2H]. The number of nitrogens with zero attached hydrogens (tertiary/aromatic N) is 3. The van der Waals surface area contributed by atoms with Gasteiger partial charge in [-0.1, -0.05) is 24.5 Å². The first kappa shape index (κ1) is 4.82. The number of carbonyl (C=O) groups is 1. The quantitative estimate of drug-likeness (QED) is 0.919. The summed E-state index contributed by atoms with van der Waals surface area (Å²) in [5, 5.41) is 4.78. The summed E-state index contributed by atoms with van der Waals surface area (Å²) in [6, 6.07) is -13.2. The van der Waals surface area contributed by atoms with Crippen LogP contribution in [0.3, 0.4) is 0 Å². The van der Waals surface area contributed by atoms with Crippen molar-refractivity contribution in [1.29, 1.82) is 0 Å². The maximum Gasteiger partial charge on any atom is 0.272 e. The second-order valence-electron chi connectivity index (χ2n) is 4.95. The van der Waals surface area contributed by atoms with Crippen LogP contribution in [0.2, 0.25) is 0 Å². The molecule has 0 saturated carbocycles. The monoisotopic (exact) mass is 330 g/mol. The summed E-state index contributed by atoms with van der Waals surface area (Å²) in [7, 11) is 0.839. The molecule has 3 atom stereocenters. The highest BCUT2D eigenvalue weighted by Gasteiger charge is 2.36. The first-order valence-corrected chi connectivity index (χ1v) is 6.68. The van der Waals surface area contributed by atoms with Gasteiger partial charge in [-0.3, -0.25) is 9.48 Å². The molecule has 3 heterocycles. The first-order chi connectivity index (χ1) is 18.1. The standard InChI is InChI=1S/C18H24N4O/c1-21-13-6-5-7-14(21)11-12(10-13)19-18(23)17-15-8-3-4-9-16(15)22(2)20-17/h3-4,8-9,12-14H,5-7,10-11H2,1-2H3,(H,19,23)/t13-,14-/m1/s1/i2D3,3D,4D,5D2,6D2,7D2,8D,9D,10D2,12D,13D,14D/t12?,13-,14-. The van der Waals surface area contributed by atoms with Crippen LogP contribution in [0.1, 0.15) is 67.1 Å². The normalized spacial score (nSPS) is 58.3. The zero-order chi connectivity index (χ0) is 31.9. The summed E-state index contributed by atoms with van der Waals surface area (Å²) in [5.74, 6) is -1.60. The Morgan fingerprint density at radius 1 is 1.48 bits per heavy atom. The molecular weight excluding hydrogens is 288 g/mol. The number of benzene rings is 1. The molecule has 5 heteroatoms. The lowest BCUT2D eigenvalue weighted by atomic mass is 9.82. The fraction of sp³-hybridized carbons (Fsp3) is 0.556. The first-order valence-electron chi connectivity index (χ1n) is 15.7. The molecule has 1 unspecified atom stereocenters. The second kappa shape index (κ2) is 5.64. The summed E-state index contributed by atoms with van der Waals surface area (Å²) in [6.07, 6.45) is -15.8. The molecule has 2 aliphatic heterocycles. The summed E-state index contributed by atoms with van der Waals surface area (Å²) in [6.45, 7) is -3.18. The summed E-state index contributed by atoms with van der Waals surface area (Å²) < 4.78 is 149. The third kappa shape index (κ3) is 2.53. The average Bonchev–Trinajstić information content (AvgIpc) is 3.24. The van der Waals surface area contributed by atoms with Crippen LogP contribution in [0.5, 0.6) is 0 Å². The van der Waals surface area contributed by atoms with E-state index in [0.717, 1.165) is 7.05 Å². The van der Waals surface area contributed by atoms with E-state index in [9.17, 15) is 4.79 Å². The molecule has 2 saturated heterocycles. The minimum Gasteiger partial charge on any atom is -0.348 e. The number of para-hydroxylation sites is 1. The molecule has 2 fully saturated rings. The predicted molar refractivity (Wildman–Crippen MR) is 90.4 cm³/mol. The number of aryl methyl sites for hydroxylation is 1. The average molecular weight is 331 g/mol. The predicted octanol–water partition coefficient (Wildman–Crippen LogP) is 2.32. The Morgan fingerprint density at radius 3 is 3.17 bits per heavy atom. The Hall–Kier alpha value is -1.88. The molecular formula is C18H24N4O. The highest BCUT2D eigenvalue weighted by atomic mass is 16.2. The lowest BCUT2D eigenvalue weighted by Crippen LogP contribution is -2.55. The van der Waals surface area contributed by atoms with Crippen molar-refractivity contribution in [2.75, 3.05) is 7.05 Å². The molecule has 1 aromatic heterocycles. The van der Waals surface area contributed by atoms with Crippen molar-refractivity contribution in [3.63, 3.8) is 0 Å². The highest BCUT2D eigenvalue weighted by molar-refractivity contribution is 6.04. The number of nitrogens with one attached hydrogen (secondary N) is 1. The van der Waals surface area contributed by atoms with Crippen molar-refractivity contribution in [2.45, 2.75) is 50.0 Å². The largest absolute Gasteiger partial charge is 0.348 e. The second-order valence-corrected chi connectivity index (χ2v) is 4.95. The molecule has 0 radical (unpaired) electrons. The molecule has 2 bridgehead atoms. The molecule has 0 aliphatic carbocycles. The number of carbonyl (C=O) groups excluding carboxylic acids is 1. The van der Waals surface area contributed by atoms with Gasteiger partial charge in [0, 0.05) is 48.2 Å². The highest BCUT2D eigenvalue weighted by Crippen LogP contribution is 2.32. The third-order valence-electron chi connectivity index (χ3n) is 3.54. The fourth-order valence-electron chi connectivity index (χ4n) is 2.36. The molecule has 122 valence electrons. The Kier molecular flexibility index (Phi) is 1.18. The van der Waals surface area contributed by atoms with Gasteiger partial charge >= 0.3 is 0 Å². The van der Waals surface area contributed by atoms with E-state index in [2.05, 4.69) is 5.10 Å². The van der Waals surface area contributed by atoms with Crippen LogP contribution in [-0.4, -0.2) is 45.7 Å². The molecule has 2 aliphatic rings. The number of amides is 1. The van der Waals surface area contributed by atoms with Gasteiger partial charge in [-0.2, -0.15) is 5.10 Å². The fourth-order valence-corrected chi connectivity index (χ4v) is 2.36. The summed E-state index contributed by atoms with van der Waals surface area (Å²) in [4.78, 5) is 13.9. The van der Waals surface area contributed by atoms with Crippen molar-refractivity contribution in [2.24, 2.45) is 6.98 Å². The van der Waals surface area contributed by atoms with Crippen LogP contribution in [-0.2, 0) is 6.98 Å². The van der Waals surface area contributed by atoms with E-state index in [0.29, 0.717) is 4.90 Å². The van der Waals surface area contributed by atoms with Crippen molar-refractivity contribution in [1.82, 2.24) is 20.0 Å². The lowest BCUT2D eigenvalue weighted by molar-refractivity contribution is 0.0462. The number of aromatic nitrogens is 2. The van der Waals surface area contributed by atoms with E-state index in [-0.39, 0.29) is 4.68 Å². The zero-order valence-corrected chi connectivity index (χ0v) is 12.0. The number of hydrogen-bond donors (Lipinski definition) is 1. The van der Waals surface area contributed by atoms with Crippen molar-refractivity contribution < 1.29 is 29.5 Å². The topological polar surface area (TPSA) is 50.2 Å². The van der Waals surface area contributed by atoms with E-state index < -0.39 is 104 Å². The molecule has 4 rings (SSSR count). The summed E-state index contributed by atoms with van der Waals surface area (Å²) in [5.41, 5.74) is -1.70. The third-order valence-corrected chi connectivity index (χ3v) is 3.54. The minimum absolute atomic E-state index is 0.174. The Bertz CT molecular complexity index is 1480. The lowest BCUT2D eigenvalue weighted by Gasteiger charge is -2.47. The number of rotatable bonds is 2. The molecule has 5 nitrogen and oxygen atoms in total. The molecule has 1 N–H and O–H groups in total. The molecule has 23 heavy (non-hydrogen) atoms. The van der Waals surface area contributed by atoms with Crippen LogP contribution < -0.4 is 5.32 Å². The van der Waals surface area contributed by atoms with Gasteiger partial charge in [0.25, 0.3) is 5.91 Å². The van der Waals surface area contributed by atoms with Crippen LogP contribution >= 0.6 is 0 Å². The van der Waals surface area contributed by atoms with E-state index in [4.69, 9.17) is 24.7 Å². The van der Waals surface area contributed by atoms with Gasteiger partial charge in [0.2, 0.25) is 0 Å². The van der Waals surface area contributed by atoms with E-state index in [1.54, 1.807) is 0 Å². The van der Waals surface area contributed by atoms with Crippen LogP contribution in [0.15, 0.2) is 24.2 Å². The minimum atomic E-state index is -3.72. The van der Waals surface area contributed by atoms with Crippen molar-refractivity contribution in [3.8, 4) is 0 Å². The van der Waals surface area contributed by atoms with Crippen molar-refractivity contribution in [3.05, 3.63) is 29.9 Å². The van der Waals surface area contributed by atoms with E-state index in [1.165, 1.54) is 0 Å². The summed E-state index contributed by atoms with van der Waals surface area (Å²) >= 11 is 0. The molecule has 0 spiro atoms. The van der Waals surface area contributed by atoms with Gasteiger partial charge in [-0.05, 0) is 38.6 Å². The number of hydrogen-bond acceptors (Lipinski definition) is 3. The van der Waals surface area contributed by atoms with Gasteiger partial charge in [0.15, 0.2) is 5.69 Å². The molecule has 1 amide bonds. The van der Waals surface area contributed by atoms with Gasteiger partial charge in [-0.25, -0.2) is 0 Å². The van der Waals surface area contributed by atoms with E-state index >= 15 is 0 Å². The van der Waals surface area contributed by atoms with Gasteiger partial charge < -0.3 is 10.2 Å². The number of fused-ring (bicyclic) bond motifs is 3. The molecule has 1 aromatic carbocycles. The van der Waals surface area contributed by atoms with Gasteiger partial charge in [-0.15, -0.1) is 0 Å². The number of piperidine rings is 2. The maximum absolute atomic E-state index is 13.6. The van der Waals surface area contributed by atoms with Crippen molar-refractivity contribution >= 4 is 16.8 Å². The smallest absolute Gasteiger partial charge is 0.272 e. The molecule has 2 aromatic rings. The van der Waals surface area contributed by atoms with Gasteiger partial charge in [0.1, 0.15) is 0 Å². The van der Waals surface area contributed by atoms with Gasteiger partial charge in [0.05, 0.1) is 12.4 Å². The van der Waals surface area contributed by atoms with Crippen LogP contribution in [0.25, 0.3) is 10.9 Å². The van der Waals surface area contributed by atoms with E-state index in [1.807, 2.05) is 5.32 Å². The Morgan fingerprint density at radius 2 is 2.30 bits per heavy atom. The maximum atomic E-state index is 13.6. The Labute approximate surface area is 161 Å².